The lowest BCUT2D eigenvalue weighted by Gasteiger charge is -2.30. The highest BCUT2D eigenvalue weighted by Crippen LogP contribution is 2.51. The van der Waals surface area contributed by atoms with Crippen molar-refractivity contribution in [2.45, 2.75) is 44.0 Å². The van der Waals surface area contributed by atoms with E-state index in [2.05, 4.69) is 31.2 Å². The van der Waals surface area contributed by atoms with Gasteiger partial charge >= 0.3 is 12.4 Å². The number of benzene rings is 2. The Bertz CT molecular complexity index is 1350. The van der Waals surface area contributed by atoms with Crippen molar-refractivity contribution in [3.8, 4) is 0 Å². The Morgan fingerprint density at radius 1 is 1.10 bits per heavy atom. The minimum absolute atomic E-state index is 0.00664. The standard InChI is InChI=1S/C23H16BrF10N3O3/c1-9-4-10(2-3-12(9)20(39)35-8-16(38)36-19(28)18(26)27)15-7-21(40-37-15,23(32,33)34)13-5-11(22(29,30)31)6-14(24)17(13)25/h2-6,18-19H,7-8H2,1H3,(H,35,39)(H,36,38)/t19?,21-/m0/s1. The van der Waals surface area contributed by atoms with Gasteiger partial charge in [-0.15, -0.1) is 0 Å². The molecule has 0 saturated heterocycles. The number of hydrogen-bond donors (Lipinski definition) is 2. The first-order valence-electron chi connectivity index (χ1n) is 10.9. The Morgan fingerprint density at radius 3 is 2.30 bits per heavy atom. The lowest BCUT2D eigenvalue weighted by atomic mass is 9.85. The third-order valence-electron chi connectivity index (χ3n) is 5.71. The molecule has 40 heavy (non-hydrogen) atoms. The smallest absolute Gasteiger partial charge is 0.374 e. The maximum Gasteiger partial charge on any atom is 0.435 e. The highest BCUT2D eigenvalue weighted by atomic mass is 79.9. The zero-order valence-electron chi connectivity index (χ0n) is 19.8. The summed E-state index contributed by atoms with van der Waals surface area (Å²) in [5.41, 5.74) is -7.10. The summed E-state index contributed by atoms with van der Waals surface area (Å²) >= 11 is 2.51. The van der Waals surface area contributed by atoms with Crippen LogP contribution in [-0.2, 0) is 21.4 Å². The van der Waals surface area contributed by atoms with E-state index in [4.69, 9.17) is 0 Å². The number of aryl methyl sites for hydroxylation is 1. The molecule has 0 fully saturated rings. The van der Waals surface area contributed by atoms with Crippen LogP contribution in [0.15, 0.2) is 40.0 Å². The molecule has 1 unspecified atom stereocenters. The van der Waals surface area contributed by atoms with Crippen LogP contribution in [0, 0.1) is 12.7 Å². The van der Waals surface area contributed by atoms with Gasteiger partial charge in [-0.2, -0.15) is 26.3 Å². The highest BCUT2D eigenvalue weighted by Gasteiger charge is 2.64. The average Bonchev–Trinajstić information content (AvgIpc) is 3.30. The van der Waals surface area contributed by atoms with Crippen LogP contribution in [0.5, 0.6) is 0 Å². The van der Waals surface area contributed by atoms with Crippen molar-refractivity contribution in [3.05, 3.63) is 68.4 Å². The van der Waals surface area contributed by atoms with E-state index >= 15 is 0 Å². The third-order valence-corrected chi connectivity index (χ3v) is 6.29. The second-order valence-electron chi connectivity index (χ2n) is 8.46. The van der Waals surface area contributed by atoms with Gasteiger partial charge in [-0.1, -0.05) is 11.2 Å². The minimum atomic E-state index is -5.43. The van der Waals surface area contributed by atoms with Crippen LogP contribution in [0.1, 0.15) is 39.0 Å². The molecule has 2 amide bonds. The normalized spacial score (nSPS) is 18.3. The summed E-state index contributed by atoms with van der Waals surface area (Å²) in [5, 5.41) is 6.73. The van der Waals surface area contributed by atoms with Crippen molar-refractivity contribution in [3.63, 3.8) is 0 Å². The molecule has 218 valence electrons. The van der Waals surface area contributed by atoms with Crippen molar-refractivity contribution < 1.29 is 58.3 Å². The van der Waals surface area contributed by atoms with Gasteiger partial charge in [0.25, 0.3) is 17.9 Å². The van der Waals surface area contributed by atoms with Crippen LogP contribution in [0.3, 0.4) is 0 Å². The van der Waals surface area contributed by atoms with Crippen molar-refractivity contribution in [1.29, 1.82) is 0 Å². The summed E-state index contributed by atoms with van der Waals surface area (Å²) in [5.74, 6) is -3.82. The predicted molar refractivity (Wildman–Crippen MR) is 122 cm³/mol. The maximum atomic E-state index is 14.8. The zero-order chi connectivity index (χ0) is 30.2. The molecule has 2 aromatic carbocycles. The highest BCUT2D eigenvalue weighted by molar-refractivity contribution is 9.10. The molecule has 0 aromatic heterocycles. The number of rotatable bonds is 7. The molecule has 0 bridgehead atoms. The van der Waals surface area contributed by atoms with Gasteiger partial charge in [0, 0.05) is 11.1 Å². The fourth-order valence-electron chi connectivity index (χ4n) is 3.71. The molecule has 0 radical (unpaired) electrons. The number of nitrogens with zero attached hydrogens (tertiary/aromatic N) is 1. The Hall–Kier alpha value is -3.37. The fraction of sp³-hybridized carbons (Fsp3) is 0.348. The predicted octanol–water partition coefficient (Wildman–Crippen LogP) is 5.90. The van der Waals surface area contributed by atoms with E-state index in [9.17, 15) is 53.5 Å². The lowest BCUT2D eigenvalue weighted by molar-refractivity contribution is -0.277. The van der Waals surface area contributed by atoms with Gasteiger partial charge in [0.1, 0.15) is 5.82 Å². The molecule has 17 heteroatoms. The number of alkyl halides is 9. The average molecular weight is 652 g/mol. The number of hydrogen-bond acceptors (Lipinski definition) is 4. The molecular weight excluding hydrogens is 636 g/mol. The first-order valence-corrected chi connectivity index (χ1v) is 11.7. The zero-order valence-corrected chi connectivity index (χ0v) is 21.4. The number of halogens is 11. The van der Waals surface area contributed by atoms with E-state index < -0.39 is 82.6 Å². The molecule has 0 spiro atoms. The van der Waals surface area contributed by atoms with Crippen LogP contribution in [-0.4, -0.2) is 43.0 Å². The molecular formula is C23H16BrF10N3O3. The molecule has 1 heterocycles. The second-order valence-corrected chi connectivity index (χ2v) is 9.32. The summed E-state index contributed by atoms with van der Waals surface area (Å²) in [6, 6.07) is 3.67. The third kappa shape index (κ3) is 6.33. The van der Waals surface area contributed by atoms with E-state index in [1.807, 2.05) is 0 Å². The van der Waals surface area contributed by atoms with Crippen molar-refractivity contribution in [2.24, 2.45) is 5.16 Å². The summed E-state index contributed by atoms with van der Waals surface area (Å²) in [6.07, 6.45) is -18.2. The van der Waals surface area contributed by atoms with Gasteiger partial charge in [0.15, 0.2) is 0 Å². The van der Waals surface area contributed by atoms with E-state index in [1.165, 1.54) is 18.3 Å². The van der Waals surface area contributed by atoms with Gasteiger partial charge in [0.05, 0.1) is 28.7 Å². The van der Waals surface area contributed by atoms with Crippen molar-refractivity contribution in [1.82, 2.24) is 10.6 Å². The first kappa shape index (κ1) is 31.2. The van der Waals surface area contributed by atoms with E-state index in [0.29, 0.717) is 0 Å². The number of nitrogens with one attached hydrogen (secondary N) is 2. The Kier molecular flexibility index (Phi) is 8.76. The molecule has 2 N–H and O–H groups in total. The summed E-state index contributed by atoms with van der Waals surface area (Å²) in [6.45, 7) is 0.462. The summed E-state index contributed by atoms with van der Waals surface area (Å²) in [4.78, 5) is 28.4. The van der Waals surface area contributed by atoms with Crippen LogP contribution < -0.4 is 10.6 Å². The number of carbonyl (C=O) groups excluding carboxylic acids is 2. The quantitative estimate of drug-likeness (QED) is 0.289. The molecule has 0 aliphatic carbocycles. The van der Waals surface area contributed by atoms with Gasteiger partial charge in [-0.05, 0) is 58.2 Å². The number of amides is 2. The molecule has 2 aromatic rings. The maximum absolute atomic E-state index is 14.8. The largest absolute Gasteiger partial charge is 0.435 e. The second kappa shape index (κ2) is 11.2. The van der Waals surface area contributed by atoms with E-state index in [1.54, 1.807) is 0 Å². The Labute approximate surface area is 226 Å². The number of carbonyl (C=O) groups is 2. The molecule has 0 saturated carbocycles. The fourth-order valence-corrected chi connectivity index (χ4v) is 4.17. The SMILES string of the molecule is Cc1cc(C2=NO[C@@](c3cc(C(F)(F)F)cc(Br)c3F)(C(F)(F)F)C2)ccc1C(=O)NCC(=O)NC(F)C(F)F. The van der Waals surface area contributed by atoms with E-state index in [-0.39, 0.29) is 28.8 Å². The molecule has 1 aliphatic rings. The number of oxime groups is 1. The molecule has 6 nitrogen and oxygen atoms in total. The molecule has 1 aliphatic heterocycles. The van der Waals surface area contributed by atoms with Gasteiger partial charge in [-0.3, -0.25) is 9.59 Å². The lowest BCUT2D eigenvalue weighted by Crippen LogP contribution is -2.43. The van der Waals surface area contributed by atoms with Gasteiger partial charge in [-0.25, -0.2) is 17.6 Å². The van der Waals surface area contributed by atoms with Crippen LogP contribution in [0.25, 0.3) is 0 Å². The molecule has 2 atom stereocenters. The summed E-state index contributed by atoms with van der Waals surface area (Å²) in [7, 11) is 0. The van der Waals surface area contributed by atoms with Crippen LogP contribution in [0.2, 0.25) is 0 Å². The first-order chi connectivity index (χ1) is 18.4. The molecule has 3 rings (SSSR count). The van der Waals surface area contributed by atoms with Gasteiger partial charge < -0.3 is 15.5 Å². The van der Waals surface area contributed by atoms with Gasteiger partial charge in [0.2, 0.25) is 12.2 Å². The Balaban J connectivity index is 1.86. The monoisotopic (exact) mass is 651 g/mol. The van der Waals surface area contributed by atoms with Crippen molar-refractivity contribution >= 4 is 33.5 Å². The minimum Gasteiger partial charge on any atom is -0.374 e. The van der Waals surface area contributed by atoms with Crippen LogP contribution >= 0.6 is 15.9 Å². The van der Waals surface area contributed by atoms with E-state index in [0.717, 1.165) is 12.1 Å². The topological polar surface area (TPSA) is 79.8 Å². The van der Waals surface area contributed by atoms with Crippen LogP contribution in [0.4, 0.5) is 43.9 Å². The Morgan fingerprint density at radius 2 is 1.75 bits per heavy atom. The van der Waals surface area contributed by atoms with Crippen molar-refractivity contribution in [2.75, 3.05) is 6.54 Å². The summed E-state index contributed by atoms with van der Waals surface area (Å²) < 4.78 is 134.